The number of allylic oxidation sites excluding steroid dienone is 4. The van der Waals surface area contributed by atoms with Crippen LogP contribution in [0.5, 0.6) is 0 Å². The number of aliphatic hydroxyl groups is 4. The van der Waals surface area contributed by atoms with E-state index < -0.39 is 18.4 Å². The third kappa shape index (κ3) is 34.0. The molecule has 5 N–H and O–H groups in total. The summed E-state index contributed by atoms with van der Waals surface area (Å²) >= 11 is 0. The maximum absolute atomic E-state index is 12.5. The number of esters is 3. The maximum atomic E-state index is 12.5. The van der Waals surface area contributed by atoms with Crippen molar-refractivity contribution in [1.82, 2.24) is 0 Å². The first-order chi connectivity index (χ1) is 62.6. The van der Waals surface area contributed by atoms with E-state index in [1.165, 1.54) is 40.7 Å². The maximum Gasteiger partial charge on any atom is 0.309 e. The van der Waals surface area contributed by atoms with Gasteiger partial charge in [-0.15, -0.1) is 0 Å². The van der Waals surface area contributed by atoms with Gasteiger partial charge in [0.25, 0.3) is 0 Å². The van der Waals surface area contributed by atoms with E-state index in [1.807, 2.05) is 18.2 Å². The zero-order chi connectivity index (χ0) is 91.4. The minimum absolute atomic E-state index is 0.00483. The number of aliphatic carboxylic acids is 1. The van der Waals surface area contributed by atoms with E-state index in [0.717, 1.165) is 167 Å². The molecule has 10 aliphatic rings. The second-order valence-corrected chi connectivity index (χ2v) is 43.6. The third-order valence-corrected chi connectivity index (χ3v) is 33.9. The van der Waals surface area contributed by atoms with E-state index in [0.29, 0.717) is 161 Å². The highest BCUT2D eigenvalue weighted by atomic mass is 32.0. The van der Waals surface area contributed by atoms with Crippen LogP contribution in [0.25, 0.3) is 0 Å². The third-order valence-electron chi connectivity index (χ3n) is 30.4. The number of ether oxygens (including phenoxy) is 4. The minimum Gasteiger partial charge on any atom is -0.481 e. The lowest BCUT2D eigenvalue weighted by Crippen LogP contribution is -2.45. The van der Waals surface area contributed by atoms with Crippen molar-refractivity contribution in [3.05, 3.63) is 204 Å². The molecule has 4 saturated heterocycles. The lowest BCUT2D eigenvalue weighted by molar-refractivity contribution is -0.170. The molecule has 129 heavy (non-hydrogen) atoms. The van der Waals surface area contributed by atoms with Crippen molar-refractivity contribution in [3.8, 4) is 0 Å². The average molecular weight is 1920 g/mol. The van der Waals surface area contributed by atoms with Gasteiger partial charge in [-0.2, -0.15) is 0 Å². The van der Waals surface area contributed by atoms with Gasteiger partial charge in [-0.05, 0) is 285 Å². The fraction of sp³-hybridized carbons (Fsp3) is 0.635. The summed E-state index contributed by atoms with van der Waals surface area (Å²) in [4.78, 5) is 46.0. The Morgan fingerprint density at radius 3 is 1.31 bits per heavy atom. The van der Waals surface area contributed by atoms with Crippen LogP contribution < -0.4 is 0 Å². The van der Waals surface area contributed by atoms with Gasteiger partial charge >= 0.3 is 23.9 Å². The molecule has 6 aliphatic carbocycles. The SMILES string of the molecule is C[C@@H]1C[C@@H]2OC(=O)C3CCC=CC3[C@@H]2[C@H]1CC[C@H](CCc1ccccc1)OPP.C[C@@H]1C[C@@H]2OC(=O)C[C@@H]2[C@H]1CC[C@H](CCc1ccccc1)OPP.C[C@@H]1C[C@@H]2OC(O)C[C@@H]2[C@H]1CC[C@H](CCc1ccccc1)OPP.C[C@@H]1C[C@H](O)[C@H](CC=CCCCC(=O)O)[C@H]1CC[C@H](CCc1ccccc1)OPP.O=C1C[C@@H]2[C@@H](CC[C@@H](O)CCc3ccccc3)[C@H](O)C[C@@H]2O1. The highest BCUT2D eigenvalue weighted by Crippen LogP contribution is 2.55. The molecule has 4 heterocycles. The van der Waals surface area contributed by atoms with Crippen LogP contribution in [0.1, 0.15) is 242 Å². The molecular weight excluding hydrogens is 1770 g/mol. The van der Waals surface area contributed by atoms with Gasteiger partial charge in [-0.3, -0.25) is 19.2 Å². The number of aryl methyl sites for hydroxylation is 5. The normalized spacial score (nSPS) is 31.2. The summed E-state index contributed by atoms with van der Waals surface area (Å²) in [7, 11) is 12.6. The molecular formula is C104H154O17P8. The molecule has 0 bridgehead atoms. The van der Waals surface area contributed by atoms with Gasteiger partial charge in [0, 0.05) is 71.0 Å². The zero-order valence-electron chi connectivity index (χ0n) is 76.9. The monoisotopic (exact) mass is 1920 g/mol. The van der Waals surface area contributed by atoms with Crippen molar-refractivity contribution in [3.63, 3.8) is 0 Å². The molecule has 25 heteroatoms. The fourth-order valence-corrected chi connectivity index (χ4v) is 27.6. The van der Waals surface area contributed by atoms with E-state index in [2.05, 4.69) is 221 Å². The van der Waals surface area contributed by atoms with Gasteiger partial charge in [0.05, 0.1) is 67.6 Å². The smallest absolute Gasteiger partial charge is 0.309 e. The largest absolute Gasteiger partial charge is 0.481 e. The molecule has 0 aromatic heterocycles. The van der Waals surface area contributed by atoms with E-state index in [1.54, 1.807) is 0 Å². The van der Waals surface area contributed by atoms with Crippen LogP contribution in [0.3, 0.4) is 0 Å². The van der Waals surface area contributed by atoms with Gasteiger partial charge in [0.2, 0.25) is 0 Å². The van der Waals surface area contributed by atoms with Crippen LogP contribution in [0.15, 0.2) is 176 Å². The molecule has 11 unspecified atom stereocenters. The van der Waals surface area contributed by atoms with Gasteiger partial charge in [0.1, 0.15) is 18.3 Å². The Hall–Kier alpha value is -3.46. The molecule has 5 saturated carbocycles. The molecule has 0 amide bonds. The Morgan fingerprint density at radius 1 is 0.442 bits per heavy atom. The number of hydrogen-bond donors (Lipinski definition) is 5. The molecule has 4 aliphatic heterocycles. The summed E-state index contributed by atoms with van der Waals surface area (Å²) in [6, 6.07) is 52.7. The van der Waals surface area contributed by atoms with Gasteiger partial charge in [-0.1, -0.05) is 239 Å². The van der Waals surface area contributed by atoms with Crippen LogP contribution in [0.2, 0.25) is 0 Å². The Morgan fingerprint density at radius 2 is 0.837 bits per heavy atom. The van der Waals surface area contributed by atoms with E-state index in [9.17, 15) is 39.6 Å². The molecule has 15 rings (SSSR count). The van der Waals surface area contributed by atoms with Crippen molar-refractivity contribution in [2.45, 2.75) is 319 Å². The van der Waals surface area contributed by atoms with Crippen LogP contribution in [-0.4, -0.2) is 123 Å². The molecule has 712 valence electrons. The Balaban J connectivity index is 0.000000157. The predicted molar refractivity (Wildman–Crippen MR) is 539 cm³/mol. The number of rotatable bonds is 44. The number of carbonyl (C=O) groups excluding carboxylic acids is 3. The van der Waals surface area contributed by atoms with Crippen molar-refractivity contribution in [2.75, 3.05) is 0 Å². The van der Waals surface area contributed by atoms with E-state index >= 15 is 0 Å². The van der Waals surface area contributed by atoms with Crippen molar-refractivity contribution in [2.24, 2.45) is 94.7 Å². The molecule has 5 aromatic carbocycles. The quantitative estimate of drug-likeness (QED) is 0.00800. The van der Waals surface area contributed by atoms with Gasteiger partial charge in [0.15, 0.2) is 6.29 Å². The number of aliphatic hydroxyl groups excluding tert-OH is 4. The summed E-state index contributed by atoms with van der Waals surface area (Å²) in [5.41, 5.74) is 6.74. The number of fused-ring (bicyclic) bond motifs is 6. The van der Waals surface area contributed by atoms with Crippen molar-refractivity contribution in [1.29, 1.82) is 0 Å². The first-order valence-corrected chi connectivity index (χ1v) is 59.7. The lowest BCUT2D eigenvalue weighted by atomic mass is 9.68. The number of carboxylic acid groups (broad SMARTS) is 1. The van der Waals surface area contributed by atoms with Crippen molar-refractivity contribution < 1.29 is 81.8 Å². The summed E-state index contributed by atoms with van der Waals surface area (Å²) < 4.78 is 46.4. The minimum atomic E-state index is -0.737. The molecule has 9 fully saturated rings. The van der Waals surface area contributed by atoms with Gasteiger partial charge in [-0.25, -0.2) is 0 Å². The Labute approximate surface area is 788 Å². The van der Waals surface area contributed by atoms with Crippen LogP contribution >= 0.6 is 69.7 Å². The Bertz CT molecular complexity index is 4080. The predicted octanol–water partition coefficient (Wildman–Crippen LogP) is 23.3. The van der Waals surface area contributed by atoms with E-state index in [4.69, 9.17) is 42.1 Å². The Kier molecular flexibility index (Phi) is 46.9. The molecule has 17 nitrogen and oxygen atoms in total. The number of benzene rings is 5. The molecule has 0 spiro atoms. The number of hydrogen-bond acceptors (Lipinski definition) is 16. The first kappa shape index (κ1) is 106. The number of carbonyl (C=O) groups is 4. The summed E-state index contributed by atoms with van der Waals surface area (Å²) in [5, 5.41) is 49.4. The molecule has 5 aromatic rings. The summed E-state index contributed by atoms with van der Waals surface area (Å²) in [5.74, 6) is 6.57. The van der Waals surface area contributed by atoms with Crippen LogP contribution in [0, 0.1) is 94.7 Å². The standard InChI is InChI=1S/C24H38O4P2.C24H34O3P2.C19H30O3P2.C19H28O3P2.C18H24O4/c1-18-17-23(25)22(11-7-2-3-8-12-24(26)27)21(18)16-15-20(28-30-29)14-13-19-9-5-4-6-10-19;1-16-15-22-23(20-9-5-6-10-21(20)24(25)26-22)19(16)14-13-18(27-29-28)12-11-17-7-3-2-4-8-17;2*1-13-11-18-17(12-19(20)21-18)16(13)10-9-15(22-24-23)8-7-14-5-3-2-4-6-14;19-13(7-6-12-4-2-1-3-5-12)8-9-14-15-10-18(21)22-17(15)11-16(14)20/h2,4-7,9-10,18,20-23,25,30H,3,8,11-17,29H2,1H3,(H,26,27);2-5,7-9,16,18-23,29H,6,10-15,28H2,1H3;2-6,13,15-20,24H,7-12,23H2,1H3;2-6,13,15-18,24H,7-12,23H2,1H3;1-5,13-17,19-20H,6-11H2/t18-,20+,21+,22-,23+;16-,18+,19+,20?,21?,22+,23+;13-,15+,16+,17-,18+,19?;13-,15+,16+,17-,18+;13-,14+,15+,16+,17-/m11110/s1. The van der Waals surface area contributed by atoms with Crippen LogP contribution in [0.4, 0.5) is 0 Å². The number of unbranched alkanes of at least 4 members (excludes halogenated alkanes) is 1. The van der Waals surface area contributed by atoms with Crippen molar-refractivity contribution >= 4 is 93.6 Å². The van der Waals surface area contributed by atoms with E-state index in [-0.39, 0.29) is 84.8 Å². The molecule has 36 atom stereocenters. The zero-order valence-corrected chi connectivity index (χ0v) is 85.5. The highest BCUT2D eigenvalue weighted by molar-refractivity contribution is 8.01. The first-order valence-electron chi connectivity index (χ1n) is 48.8. The summed E-state index contributed by atoms with van der Waals surface area (Å²) in [6.07, 6.45) is 40.5. The topological polar surface area (TPSA) is 243 Å². The fourth-order valence-electron chi connectivity index (χ4n) is 23.6. The summed E-state index contributed by atoms with van der Waals surface area (Å²) in [6.45, 7) is 9.28. The second-order valence-electron chi connectivity index (χ2n) is 38.9. The highest BCUT2D eigenvalue weighted by Gasteiger charge is 2.55. The lowest BCUT2D eigenvalue weighted by Gasteiger charge is -2.41. The van der Waals surface area contributed by atoms with Crippen LogP contribution in [-0.2, 0) is 88.3 Å². The second kappa shape index (κ2) is 57.0. The number of carboxylic acids is 1. The molecule has 0 radical (unpaired) electrons. The van der Waals surface area contributed by atoms with Gasteiger partial charge < -0.3 is 62.6 Å². The average Bonchev–Trinajstić information content (AvgIpc) is 1.62.